The molecule has 20 heavy (non-hydrogen) atoms. The Morgan fingerprint density at radius 3 is 2.35 bits per heavy atom. The van der Waals surface area contributed by atoms with Crippen LogP contribution in [0.3, 0.4) is 0 Å². The summed E-state index contributed by atoms with van der Waals surface area (Å²) in [4.78, 5) is 0. The summed E-state index contributed by atoms with van der Waals surface area (Å²) in [5.74, 6) is -1.64. The van der Waals surface area contributed by atoms with Gasteiger partial charge in [-0.2, -0.15) is 0 Å². The molecule has 1 N–H and O–H groups in total. The molecule has 0 aliphatic carbocycles. The molecule has 2 aromatic carbocycles. The highest BCUT2D eigenvalue weighted by atomic mass is 19.1. The molecule has 1 nitrogen and oxygen atoms in total. The monoisotopic (exact) mass is 280 g/mol. The second-order valence-corrected chi connectivity index (χ2v) is 4.82. The first-order chi connectivity index (χ1) is 9.58. The van der Waals surface area contributed by atoms with Crippen LogP contribution < -0.4 is 0 Å². The summed E-state index contributed by atoms with van der Waals surface area (Å²) in [6.07, 6.45) is 0.612. The quantitative estimate of drug-likeness (QED) is 0.888. The van der Waals surface area contributed by atoms with E-state index in [9.17, 15) is 18.3 Å². The normalized spacial score (nSPS) is 12.4. The largest absolute Gasteiger partial charge is 0.396 e. The van der Waals surface area contributed by atoms with Crippen LogP contribution in [0.4, 0.5) is 13.2 Å². The zero-order valence-corrected chi connectivity index (χ0v) is 10.8. The van der Waals surface area contributed by atoms with E-state index in [1.165, 1.54) is 12.1 Å². The molecule has 0 aliphatic heterocycles. The van der Waals surface area contributed by atoms with Gasteiger partial charge in [0.1, 0.15) is 17.5 Å². The van der Waals surface area contributed by atoms with Crippen LogP contribution in [0.25, 0.3) is 0 Å². The van der Waals surface area contributed by atoms with Gasteiger partial charge in [-0.15, -0.1) is 0 Å². The van der Waals surface area contributed by atoms with Gasteiger partial charge in [0.05, 0.1) is 0 Å². The van der Waals surface area contributed by atoms with Crippen LogP contribution >= 0.6 is 0 Å². The standard InChI is InChI=1S/C16H15F3O/c17-14-3-1-2-11(8-14)6-12(10-20)7-13-9-15(18)4-5-16(13)19/h1-5,8-9,12,20H,6-7,10H2. The highest BCUT2D eigenvalue weighted by molar-refractivity contribution is 5.21. The molecule has 0 fully saturated rings. The molecule has 2 rings (SSSR count). The Labute approximate surface area is 115 Å². The molecule has 0 radical (unpaired) electrons. The van der Waals surface area contributed by atoms with Crippen molar-refractivity contribution in [2.75, 3.05) is 6.61 Å². The molecule has 1 atom stereocenters. The van der Waals surface area contributed by atoms with Crippen LogP contribution in [0.1, 0.15) is 11.1 Å². The van der Waals surface area contributed by atoms with Crippen LogP contribution in [0.2, 0.25) is 0 Å². The van der Waals surface area contributed by atoms with Gasteiger partial charge < -0.3 is 5.11 Å². The van der Waals surface area contributed by atoms with Crippen LogP contribution in [0, 0.1) is 23.4 Å². The summed E-state index contributed by atoms with van der Waals surface area (Å²) >= 11 is 0. The Balaban J connectivity index is 2.11. The molecule has 0 amide bonds. The van der Waals surface area contributed by atoms with Crippen LogP contribution in [0.15, 0.2) is 42.5 Å². The minimum Gasteiger partial charge on any atom is -0.396 e. The fourth-order valence-corrected chi connectivity index (χ4v) is 2.21. The first kappa shape index (κ1) is 14.6. The number of hydrogen-bond donors (Lipinski definition) is 1. The highest BCUT2D eigenvalue weighted by Gasteiger charge is 2.13. The van der Waals surface area contributed by atoms with Crippen molar-refractivity contribution in [1.29, 1.82) is 0 Å². The molecule has 0 saturated carbocycles. The molecular weight excluding hydrogens is 265 g/mol. The molecule has 0 aliphatic rings. The summed E-state index contributed by atoms with van der Waals surface area (Å²) in [5, 5.41) is 9.37. The number of halogens is 3. The summed E-state index contributed by atoms with van der Waals surface area (Å²) in [5.41, 5.74) is 0.946. The summed E-state index contributed by atoms with van der Waals surface area (Å²) in [7, 11) is 0. The average Bonchev–Trinajstić information content (AvgIpc) is 2.42. The van der Waals surface area contributed by atoms with Gasteiger partial charge in [0.2, 0.25) is 0 Å². The number of aliphatic hydroxyl groups excluding tert-OH is 1. The lowest BCUT2D eigenvalue weighted by atomic mass is 9.93. The minimum absolute atomic E-state index is 0.174. The van der Waals surface area contributed by atoms with E-state index >= 15 is 0 Å². The lowest BCUT2D eigenvalue weighted by Gasteiger charge is -2.15. The fourth-order valence-electron chi connectivity index (χ4n) is 2.21. The van der Waals surface area contributed by atoms with Crippen LogP contribution in [-0.2, 0) is 12.8 Å². The predicted octanol–water partition coefficient (Wildman–Crippen LogP) is 3.50. The molecule has 0 saturated heterocycles. The van der Waals surface area contributed by atoms with E-state index in [1.54, 1.807) is 12.1 Å². The van der Waals surface area contributed by atoms with Crippen molar-refractivity contribution in [1.82, 2.24) is 0 Å². The number of benzene rings is 2. The van der Waals surface area contributed by atoms with Gasteiger partial charge in [-0.05, 0) is 60.2 Å². The fraction of sp³-hybridized carbons (Fsp3) is 0.250. The van der Waals surface area contributed by atoms with Gasteiger partial charge in [0, 0.05) is 6.61 Å². The second-order valence-electron chi connectivity index (χ2n) is 4.82. The molecule has 4 heteroatoms. The lowest BCUT2D eigenvalue weighted by Crippen LogP contribution is -2.14. The number of rotatable bonds is 5. The lowest BCUT2D eigenvalue weighted by molar-refractivity contribution is 0.224. The van der Waals surface area contributed by atoms with Crippen LogP contribution in [0.5, 0.6) is 0 Å². The van der Waals surface area contributed by atoms with E-state index in [4.69, 9.17) is 0 Å². The highest BCUT2D eigenvalue weighted by Crippen LogP contribution is 2.18. The minimum atomic E-state index is -0.510. The van der Waals surface area contributed by atoms with Gasteiger partial charge in [0.25, 0.3) is 0 Å². The summed E-state index contributed by atoms with van der Waals surface area (Å²) < 4.78 is 39.8. The van der Waals surface area contributed by atoms with Crippen molar-refractivity contribution < 1.29 is 18.3 Å². The van der Waals surface area contributed by atoms with E-state index in [0.717, 1.165) is 23.8 Å². The molecule has 0 heterocycles. The third kappa shape index (κ3) is 3.84. The maximum atomic E-state index is 13.6. The van der Waals surface area contributed by atoms with Gasteiger partial charge in [-0.1, -0.05) is 12.1 Å². The smallest absolute Gasteiger partial charge is 0.126 e. The SMILES string of the molecule is OCC(Cc1cccc(F)c1)Cc1cc(F)ccc1F. The summed E-state index contributed by atoms with van der Waals surface area (Å²) in [6.45, 7) is -0.174. The zero-order chi connectivity index (χ0) is 14.5. The van der Waals surface area contributed by atoms with Crippen molar-refractivity contribution in [3.8, 4) is 0 Å². The van der Waals surface area contributed by atoms with E-state index in [2.05, 4.69) is 0 Å². The topological polar surface area (TPSA) is 20.2 Å². The van der Waals surface area contributed by atoms with Gasteiger partial charge in [-0.25, -0.2) is 13.2 Å². The molecule has 0 bridgehead atoms. The maximum Gasteiger partial charge on any atom is 0.126 e. The van der Waals surface area contributed by atoms with Crippen molar-refractivity contribution in [3.05, 3.63) is 71.0 Å². The Morgan fingerprint density at radius 2 is 1.65 bits per heavy atom. The average molecular weight is 280 g/mol. The van der Waals surface area contributed by atoms with Gasteiger partial charge in [0.15, 0.2) is 0 Å². The second kappa shape index (κ2) is 6.57. The Morgan fingerprint density at radius 1 is 0.900 bits per heavy atom. The van der Waals surface area contributed by atoms with Crippen LogP contribution in [-0.4, -0.2) is 11.7 Å². The Bertz CT molecular complexity index is 584. The molecule has 1 unspecified atom stereocenters. The zero-order valence-electron chi connectivity index (χ0n) is 10.8. The number of aliphatic hydroxyl groups is 1. The van der Waals surface area contributed by atoms with Crippen molar-refractivity contribution >= 4 is 0 Å². The Kier molecular flexibility index (Phi) is 4.79. The summed E-state index contributed by atoms with van der Waals surface area (Å²) in [6, 6.07) is 9.30. The third-order valence-electron chi connectivity index (χ3n) is 3.19. The first-order valence-electron chi connectivity index (χ1n) is 6.37. The molecule has 0 spiro atoms. The maximum absolute atomic E-state index is 13.6. The van der Waals surface area contributed by atoms with E-state index in [-0.39, 0.29) is 30.3 Å². The van der Waals surface area contributed by atoms with Crippen molar-refractivity contribution in [2.45, 2.75) is 12.8 Å². The molecule has 106 valence electrons. The third-order valence-corrected chi connectivity index (χ3v) is 3.19. The van der Waals surface area contributed by atoms with E-state index < -0.39 is 11.6 Å². The predicted molar refractivity (Wildman–Crippen MR) is 70.7 cm³/mol. The van der Waals surface area contributed by atoms with E-state index in [0.29, 0.717) is 6.42 Å². The van der Waals surface area contributed by atoms with Crippen molar-refractivity contribution in [3.63, 3.8) is 0 Å². The molecule has 0 aromatic heterocycles. The first-order valence-corrected chi connectivity index (χ1v) is 6.37. The Hall–Kier alpha value is -1.81. The van der Waals surface area contributed by atoms with Gasteiger partial charge >= 0.3 is 0 Å². The molecular formula is C16H15F3O. The van der Waals surface area contributed by atoms with Crippen molar-refractivity contribution in [2.24, 2.45) is 5.92 Å². The molecule has 2 aromatic rings. The number of hydrogen-bond acceptors (Lipinski definition) is 1. The van der Waals surface area contributed by atoms with E-state index in [1.807, 2.05) is 0 Å². The van der Waals surface area contributed by atoms with Gasteiger partial charge in [-0.3, -0.25) is 0 Å².